The van der Waals surface area contributed by atoms with Crippen LogP contribution < -0.4 is 0 Å². The number of pyridine rings is 1. The maximum Gasteiger partial charge on any atom is 0.253 e. The van der Waals surface area contributed by atoms with Crippen molar-refractivity contribution in [1.82, 2.24) is 9.88 Å². The molecule has 1 aliphatic rings. The summed E-state index contributed by atoms with van der Waals surface area (Å²) in [6.45, 7) is 1.64. The summed E-state index contributed by atoms with van der Waals surface area (Å²) in [5, 5.41) is 0. The number of rotatable bonds is 4. The SMILES string of the molecule is O=C(c1ccncc1)N1CCC[C@H](CCc2ccc(F)cc2)C1. The van der Waals surface area contributed by atoms with Gasteiger partial charge in [-0.05, 0) is 61.4 Å². The number of carbonyl (C=O) groups is 1. The maximum atomic E-state index is 12.9. The first-order valence-electron chi connectivity index (χ1n) is 8.16. The van der Waals surface area contributed by atoms with Crippen LogP contribution in [0.25, 0.3) is 0 Å². The lowest BCUT2D eigenvalue weighted by Crippen LogP contribution is -2.40. The van der Waals surface area contributed by atoms with Gasteiger partial charge in [0.2, 0.25) is 0 Å². The van der Waals surface area contributed by atoms with Gasteiger partial charge in [0.1, 0.15) is 5.82 Å². The Hall–Kier alpha value is -2.23. The van der Waals surface area contributed by atoms with Crippen LogP contribution >= 0.6 is 0 Å². The zero-order chi connectivity index (χ0) is 16.1. The van der Waals surface area contributed by atoms with Crippen LogP contribution in [0.5, 0.6) is 0 Å². The highest BCUT2D eigenvalue weighted by atomic mass is 19.1. The molecule has 1 aromatic heterocycles. The smallest absolute Gasteiger partial charge is 0.253 e. The lowest BCUT2D eigenvalue weighted by Gasteiger charge is -2.33. The largest absolute Gasteiger partial charge is 0.338 e. The summed E-state index contributed by atoms with van der Waals surface area (Å²) in [4.78, 5) is 18.4. The summed E-state index contributed by atoms with van der Waals surface area (Å²) in [6, 6.07) is 10.2. The Morgan fingerprint density at radius 2 is 1.91 bits per heavy atom. The number of halogens is 1. The summed E-state index contributed by atoms with van der Waals surface area (Å²) in [6.07, 6.45) is 7.48. The van der Waals surface area contributed by atoms with Gasteiger partial charge in [-0.2, -0.15) is 0 Å². The molecule has 23 heavy (non-hydrogen) atoms. The fourth-order valence-corrected chi connectivity index (χ4v) is 3.18. The fourth-order valence-electron chi connectivity index (χ4n) is 3.18. The second-order valence-electron chi connectivity index (χ2n) is 6.16. The van der Waals surface area contributed by atoms with Crippen LogP contribution in [0.1, 0.15) is 35.2 Å². The zero-order valence-electron chi connectivity index (χ0n) is 13.1. The minimum Gasteiger partial charge on any atom is -0.338 e. The van der Waals surface area contributed by atoms with Gasteiger partial charge >= 0.3 is 0 Å². The van der Waals surface area contributed by atoms with Crippen LogP contribution in [-0.4, -0.2) is 28.9 Å². The van der Waals surface area contributed by atoms with Crippen molar-refractivity contribution in [1.29, 1.82) is 0 Å². The first-order valence-corrected chi connectivity index (χ1v) is 8.16. The van der Waals surface area contributed by atoms with Crippen LogP contribution in [0.15, 0.2) is 48.8 Å². The minimum atomic E-state index is -0.194. The van der Waals surface area contributed by atoms with Crippen LogP contribution in [0.4, 0.5) is 4.39 Å². The maximum absolute atomic E-state index is 12.9. The molecule has 0 bridgehead atoms. The normalized spacial score (nSPS) is 18.0. The van der Waals surface area contributed by atoms with Crippen LogP contribution in [0.2, 0.25) is 0 Å². The van der Waals surface area contributed by atoms with Crippen molar-refractivity contribution in [3.8, 4) is 0 Å². The molecule has 1 aromatic carbocycles. The standard InChI is InChI=1S/C19H21FN2O/c20-18-7-5-15(6-8-18)3-4-16-2-1-13-22(14-16)19(23)17-9-11-21-12-10-17/h5-12,16H,1-4,13-14H2/t16-/m1/s1. The lowest BCUT2D eigenvalue weighted by atomic mass is 9.91. The van der Waals surface area contributed by atoms with Gasteiger partial charge in [0.05, 0.1) is 0 Å². The molecule has 0 saturated carbocycles. The third-order valence-electron chi connectivity index (χ3n) is 4.49. The molecular weight excluding hydrogens is 291 g/mol. The number of hydrogen-bond donors (Lipinski definition) is 0. The fraction of sp³-hybridized carbons (Fsp3) is 0.368. The molecule has 3 nitrogen and oxygen atoms in total. The highest BCUT2D eigenvalue weighted by Crippen LogP contribution is 2.23. The van der Waals surface area contributed by atoms with Gasteiger partial charge in [-0.15, -0.1) is 0 Å². The quantitative estimate of drug-likeness (QED) is 0.862. The molecular formula is C19H21FN2O. The van der Waals surface area contributed by atoms with Crippen molar-refractivity contribution < 1.29 is 9.18 Å². The first-order chi connectivity index (χ1) is 11.2. The van der Waals surface area contributed by atoms with E-state index in [0.29, 0.717) is 11.5 Å². The van der Waals surface area contributed by atoms with Gasteiger partial charge in [0.25, 0.3) is 5.91 Å². The Morgan fingerprint density at radius 1 is 1.17 bits per heavy atom. The number of piperidine rings is 1. The van der Waals surface area contributed by atoms with E-state index in [4.69, 9.17) is 0 Å². The Morgan fingerprint density at radius 3 is 2.65 bits per heavy atom. The van der Waals surface area contributed by atoms with E-state index in [0.717, 1.165) is 44.3 Å². The van der Waals surface area contributed by atoms with Gasteiger partial charge in [0.15, 0.2) is 0 Å². The second kappa shape index (κ2) is 7.36. The number of hydrogen-bond acceptors (Lipinski definition) is 2. The van der Waals surface area contributed by atoms with Gasteiger partial charge in [-0.3, -0.25) is 9.78 Å². The van der Waals surface area contributed by atoms with Crippen molar-refractivity contribution in [2.75, 3.05) is 13.1 Å². The zero-order valence-corrected chi connectivity index (χ0v) is 13.1. The van der Waals surface area contributed by atoms with Crippen LogP contribution in [0.3, 0.4) is 0 Å². The van der Waals surface area contributed by atoms with E-state index in [-0.39, 0.29) is 11.7 Å². The predicted molar refractivity (Wildman–Crippen MR) is 87.6 cm³/mol. The van der Waals surface area contributed by atoms with Crippen molar-refractivity contribution in [2.45, 2.75) is 25.7 Å². The molecule has 0 radical (unpaired) electrons. The summed E-state index contributed by atoms with van der Waals surface area (Å²) in [5.74, 6) is 0.416. The Labute approximate surface area is 136 Å². The van der Waals surface area contributed by atoms with E-state index in [1.165, 1.54) is 12.1 Å². The molecule has 4 heteroatoms. The van der Waals surface area contributed by atoms with E-state index >= 15 is 0 Å². The lowest BCUT2D eigenvalue weighted by molar-refractivity contribution is 0.0668. The Bertz CT molecular complexity index is 642. The molecule has 0 spiro atoms. The van der Waals surface area contributed by atoms with Gasteiger partial charge < -0.3 is 4.90 Å². The molecule has 120 valence electrons. The molecule has 2 heterocycles. The van der Waals surface area contributed by atoms with Gasteiger partial charge in [-0.1, -0.05) is 12.1 Å². The molecule has 0 N–H and O–H groups in total. The van der Waals surface area contributed by atoms with Crippen molar-refractivity contribution in [3.05, 3.63) is 65.7 Å². The molecule has 1 fully saturated rings. The van der Waals surface area contributed by atoms with Crippen molar-refractivity contribution in [2.24, 2.45) is 5.92 Å². The van der Waals surface area contributed by atoms with E-state index in [2.05, 4.69) is 4.98 Å². The number of carbonyl (C=O) groups excluding carboxylic acids is 1. The van der Waals surface area contributed by atoms with Gasteiger partial charge in [0, 0.05) is 31.0 Å². The molecule has 1 saturated heterocycles. The number of aryl methyl sites for hydroxylation is 1. The van der Waals surface area contributed by atoms with E-state index in [1.54, 1.807) is 24.5 Å². The van der Waals surface area contributed by atoms with Crippen molar-refractivity contribution in [3.63, 3.8) is 0 Å². The van der Waals surface area contributed by atoms with E-state index in [9.17, 15) is 9.18 Å². The first kappa shape index (κ1) is 15.7. The third kappa shape index (κ3) is 4.15. The average molecular weight is 312 g/mol. The van der Waals surface area contributed by atoms with Gasteiger partial charge in [-0.25, -0.2) is 4.39 Å². The number of benzene rings is 1. The van der Waals surface area contributed by atoms with Crippen LogP contribution in [0, 0.1) is 11.7 Å². The van der Waals surface area contributed by atoms with Crippen molar-refractivity contribution >= 4 is 5.91 Å². The predicted octanol–water partition coefficient (Wildman–Crippen LogP) is 3.71. The number of nitrogens with zero attached hydrogens (tertiary/aromatic N) is 2. The highest BCUT2D eigenvalue weighted by molar-refractivity contribution is 5.94. The summed E-state index contributed by atoms with van der Waals surface area (Å²) < 4.78 is 12.9. The highest BCUT2D eigenvalue weighted by Gasteiger charge is 2.24. The molecule has 1 aliphatic heterocycles. The number of aromatic nitrogens is 1. The summed E-state index contributed by atoms with van der Waals surface area (Å²) in [7, 11) is 0. The van der Waals surface area contributed by atoms with E-state index in [1.807, 2.05) is 17.0 Å². The molecule has 3 rings (SSSR count). The topological polar surface area (TPSA) is 33.2 Å². The minimum absolute atomic E-state index is 0.0962. The number of likely N-dealkylation sites (tertiary alicyclic amines) is 1. The molecule has 1 atom stereocenters. The Balaban J connectivity index is 1.56. The van der Waals surface area contributed by atoms with Crippen LogP contribution in [-0.2, 0) is 6.42 Å². The third-order valence-corrected chi connectivity index (χ3v) is 4.49. The van der Waals surface area contributed by atoms with E-state index < -0.39 is 0 Å². The molecule has 0 unspecified atom stereocenters. The molecule has 0 aliphatic carbocycles. The molecule has 2 aromatic rings. The average Bonchev–Trinajstić information content (AvgIpc) is 2.61. The summed E-state index contributed by atoms with van der Waals surface area (Å²) in [5.41, 5.74) is 1.86. The number of amides is 1. The second-order valence-corrected chi connectivity index (χ2v) is 6.16. The molecule has 1 amide bonds. The monoisotopic (exact) mass is 312 g/mol. The Kier molecular flexibility index (Phi) is 5.01. The summed E-state index contributed by atoms with van der Waals surface area (Å²) >= 11 is 0.